The third-order valence-corrected chi connectivity index (χ3v) is 10.5. The summed E-state index contributed by atoms with van der Waals surface area (Å²) < 4.78 is 11.0. The fourth-order valence-corrected chi connectivity index (χ4v) is 8.58. The predicted molar refractivity (Wildman–Crippen MR) is 175 cm³/mol. The van der Waals surface area contributed by atoms with Crippen LogP contribution in [0.1, 0.15) is 116 Å². The summed E-state index contributed by atoms with van der Waals surface area (Å²) in [7, 11) is 0. The van der Waals surface area contributed by atoms with E-state index in [9.17, 15) is 19.2 Å². The Balaban J connectivity index is 1.37. The third-order valence-electron chi connectivity index (χ3n) is 8.15. The molecule has 10 heteroatoms. The Labute approximate surface area is 266 Å². The highest BCUT2D eigenvalue weighted by Crippen LogP contribution is 2.41. The van der Waals surface area contributed by atoms with E-state index in [2.05, 4.69) is 24.5 Å². The van der Waals surface area contributed by atoms with Gasteiger partial charge >= 0.3 is 11.9 Å². The number of fused-ring (bicyclic) bond motifs is 2. The summed E-state index contributed by atoms with van der Waals surface area (Å²) in [6, 6.07) is 6.45. The molecule has 0 saturated carbocycles. The van der Waals surface area contributed by atoms with E-state index in [1.807, 2.05) is 13.8 Å². The maximum Gasteiger partial charge on any atom is 0.341 e. The van der Waals surface area contributed by atoms with Crippen molar-refractivity contribution >= 4 is 56.4 Å². The molecule has 0 spiro atoms. The molecule has 0 fully saturated rings. The van der Waals surface area contributed by atoms with Gasteiger partial charge in [-0.25, -0.2) is 9.59 Å². The van der Waals surface area contributed by atoms with E-state index in [4.69, 9.17) is 9.47 Å². The molecule has 2 N–H and O–H groups in total. The molecular formula is C34H40N2O6S2. The normalized spacial score (nSPS) is 17.3. The van der Waals surface area contributed by atoms with Crippen LogP contribution in [-0.2, 0) is 35.2 Å². The van der Waals surface area contributed by atoms with Crippen molar-refractivity contribution in [3.8, 4) is 0 Å². The van der Waals surface area contributed by atoms with Crippen LogP contribution in [0.4, 0.5) is 10.0 Å². The van der Waals surface area contributed by atoms with Gasteiger partial charge in [-0.2, -0.15) is 0 Å². The number of carbonyl (C=O) groups is 4. The lowest BCUT2D eigenvalue weighted by Gasteiger charge is -2.18. The molecular weight excluding hydrogens is 597 g/mol. The topological polar surface area (TPSA) is 111 Å². The number of hydrogen-bond acceptors (Lipinski definition) is 8. The number of anilines is 2. The summed E-state index contributed by atoms with van der Waals surface area (Å²) in [4.78, 5) is 55.3. The second-order valence-corrected chi connectivity index (χ2v) is 14.1. The van der Waals surface area contributed by atoms with Gasteiger partial charge in [-0.15, -0.1) is 22.7 Å². The maximum absolute atomic E-state index is 13.5. The summed E-state index contributed by atoms with van der Waals surface area (Å²) in [5, 5.41) is 6.85. The van der Waals surface area contributed by atoms with E-state index >= 15 is 0 Å². The first kappa shape index (κ1) is 31.9. The molecule has 2 heterocycles. The Morgan fingerprint density at radius 1 is 0.750 bits per heavy atom. The number of benzene rings is 1. The molecule has 2 unspecified atom stereocenters. The number of esters is 2. The first-order valence-electron chi connectivity index (χ1n) is 15.6. The molecule has 0 aliphatic heterocycles. The van der Waals surface area contributed by atoms with Crippen LogP contribution in [0.25, 0.3) is 0 Å². The van der Waals surface area contributed by atoms with Crippen molar-refractivity contribution < 1.29 is 28.7 Å². The van der Waals surface area contributed by atoms with Crippen molar-refractivity contribution in [1.29, 1.82) is 0 Å². The first-order chi connectivity index (χ1) is 21.2. The zero-order valence-corrected chi connectivity index (χ0v) is 27.4. The summed E-state index contributed by atoms with van der Waals surface area (Å²) >= 11 is 2.86. The summed E-state index contributed by atoms with van der Waals surface area (Å²) in [5.74, 6) is -0.649. The lowest BCUT2D eigenvalue weighted by Crippen LogP contribution is -2.18. The Morgan fingerprint density at radius 2 is 1.18 bits per heavy atom. The standard InChI is InChI=1S/C34H40N2O6S2/c1-5-14-41-33(39)27-23-12-10-19(3)16-25(23)43-31(27)35-29(37)21-8-7-9-22(18-21)30(38)36-32-28(34(40)42-15-6-2)24-13-11-20(4)17-26(24)44-32/h7-9,18-20H,5-6,10-17H2,1-4H3,(H,35,37)(H,36,38). The highest BCUT2D eigenvalue weighted by Gasteiger charge is 2.31. The Morgan fingerprint density at radius 3 is 1.59 bits per heavy atom. The Bertz CT molecular complexity index is 1460. The molecule has 3 aromatic rings. The number of thiophene rings is 2. The molecule has 2 aliphatic carbocycles. The van der Waals surface area contributed by atoms with Crippen LogP contribution in [0.3, 0.4) is 0 Å². The summed E-state index contributed by atoms with van der Waals surface area (Å²) in [5.41, 5.74) is 3.41. The van der Waals surface area contributed by atoms with Gasteiger partial charge in [0.05, 0.1) is 24.3 Å². The molecule has 0 radical (unpaired) electrons. The Kier molecular flexibility index (Phi) is 10.2. The Hall–Kier alpha value is -3.50. The second kappa shape index (κ2) is 14.1. The third kappa shape index (κ3) is 6.91. The average molecular weight is 637 g/mol. The molecule has 44 heavy (non-hydrogen) atoms. The van der Waals surface area contributed by atoms with Crippen LogP contribution >= 0.6 is 22.7 Å². The predicted octanol–water partition coefficient (Wildman–Crippen LogP) is 7.70. The van der Waals surface area contributed by atoms with Gasteiger partial charge in [0.25, 0.3) is 11.8 Å². The van der Waals surface area contributed by atoms with Crippen molar-refractivity contribution in [2.45, 2.75) is 79.1 Å². The minimum Gasteiger partial charge on any atom is -0.462 e. The zero-order valence-electron chi connectivity index (χ0n) is 25.8. The highest BCUT2D eigenvalue weighted by atomic mass is 32.1. The molecule has 0 bridgehead atoms. The van der Waals surface area contributed by atoms with Crippen molar-refractivity contribution in [2.24, 2.45) is 11.8 Å². The molecule has 2 amide bonds. The molecule has 2 aromatic heterocycles. The summed E-state index contributed by atoms with van der Waals surface area (Å²) in [6.07, 6.45) is 6.64. The van der Waals surface area contributed by atoms with Crippen LogP contribution in [0.15, 0.2) is 24.3 Å². The lowest BCUT2D eigenvalue weighted by atomic mass is 9.88. The molecule has 0 saturated heterocycles. The number of hydrogen-bond donors (Lipinski definition) is 2. The van der Waals surface area contributed by atoms with Crippen molar-refractivity contribution in [1.82, 2.24) is 0 Å². The van der Waals surface area contributed by atoms with Crippen LogP contribution < -0.4 is 10.6 Å². The molecule has 234 valence electrons. The lowest BCUT2D eigenvalue weighted by molar-refractivity contribution is 0.0496. The highest BCUT2D eigenvalue weighted by molar-refractivity contribution is 7.17. The van der Waals surface area contributed by atoms with E-state index in [1.54, 1.807) is 18.2 Å². The van der Waals surface area contributed by atoms with Crippen molar-refractivity contribution in [2.75, 3.05) is 23.8 Å². The van der Waals surface area contributed by atoms with E-state index in [1.165, 1.54) is 28.7 Å². The second-order valence-electron chi connectivity index (χ2n) is 11.9. The van der Waals surface area contributed by atoms with Gasteiger partial charge in [-0.05, 0) is 92.5 Å². The zero-order chi connectivity index (χ0) is 31.4. The summed E-state index contributed by atoms with van der Waals surface area (Å²) in [6.45, 7) is 8.89. The number of rotatable bonds is 10. The molecule has 2 aliphatic rings. The van der Waals surface area contributed by atoms with E-state index in [0.717, 1.165) is 59.4 Å². The number of amides is 2. The average Bonchev–Trinajstić information content (AvgIpc) is 3.54. The van der Waals surface area contributed by atoms with Crippen LogP contribution in [0.5, 0.6) is 0 Å². The van der Waals surface area contributed by atoms with Crippen LogP contribution in [0, 0.1) is 11.8 Å². The molecule has 8 nitrogen and oxygen atoms in total. The van der Waals surface area contributed by atoms with Crippen molar-refractivity contribution in [3.05, 3.63) is 67.4 Å². The maximum atomic E-state index is 13.5. The van der Waals surface area contributed by atoms with E-state index in [0.29, 0.717) is 59.0 Å². The van der Waals surface area contributed by atoms with Gasteiger partial charge in [-0.1, -0.05) is 33.8 Å². The van der Waals surface area contributed by atoms with Gasteiger partial charge in [0.1, 0.15) is 10.0 Å². The van der Waals surface area contributed by atoms with Gasteiger partial charge < -0.3 is 20.1 Å². The van der Waals surface area contributed by atoms with Gasteiger partial charge in [-0.3, -0.25) is 9.59 Å². The molecule has 2 atom stereocenters. The fraction of sp³-hybridized carbons (Fsp3) is 0.471. The van der Waals surface area contributed by atoms with E-state index in [-0.39, 0.29) is 11.1 Å². The monoisotopic (exact) mass is 636 g/mol. The van der Waals surface area contributed by atoms with Gasteiger partial charge in [0, 0.05) is 20.9 Å². The minimum atomic E-state index is -0.416. The SMILES string of the molecule is CCCOC(=O)c1c(NC(=O)c2cccc(C(=O)Nc3sc4c(c3C(=O)OCCC)CCC(C)C4)c2)sc2c1CCC(C)C2. The number of nitrogens with one attached hydrogen (secondary N) is 2. The van der Waals surface area contributed by atoms with Crippen molar-refractivity contribution in [3.63, 3.8) is 0 Å². The first-order valence-corrected chi connectivity index (χ1v) is 17.2. The molecule has 5 rings (SSSR count). The molecule has 1 aromatic carbocycles. The number of ether oxygens (including phenoxy) is 2. The fourth-order valence-electron chi connectivity index (χ4n) is 5.80. The smallest absolute Gasteiger partial charge is 0.341 e. The van der Waals surface area contributed by atoms with E-state index < -0.39 is 23.8 Å². The quantitative estimate of drug-likeness (QED) is 0.221. The van der Waals surface area contributed by atoms with Gasteiger partial charge in [0.15, 0.2) is 0 Å². The number of carbonyl (C=O) groups excluding carboxylic acids is 4. The van der Waals surface area contributed by atoms with Crippen LogP contribution in [0.2, 0.25) is 0 Å². The minimum absolute atomic E-state index is 0.284. The van der Waals surface area contributed by atoms with Crippen LogP contribution in [-0.4, -0.2) is 37.0 Å². The largest absolute Gasteiger partial charge is 0.462 e. The van der Waals surface area contributed by atoms with Gasteiger partial charge in [0.2, 0.25) is 0 Å².